The van der Waals surface area contributed by atoms with Crippen molar-refractivity contribution in [2.24, 2.45) is 0 Å². The first-order chi connectivity index (χ1) is 16.4. The lowest BCUT2D eigenvalue weighted by atomic mass is 10.0. The van der Waals surface area contributed by atoms with Crippen LogP contribution in [0, 0.1) is 0 Å². The predicted octanol–water partition coefficient (Wildman–Crippen LogP) is 4.04. The van der Waals surface area contributed by atoms with E-state index >= 15 is 0 Å². The van der Waals surface area contributed by atoms with Gasteiger partial charge >= 0.3 is 11.6 Å². The molecule has 0 aliphatic heterocycles. The van der Waals surface area contributed by atoms with Crippen LogP contribution in [0.15, 0.2) is 94.1 Å². The van der Waals surface area contributed by atoms with Crippen molar-refractivity contribution in [3.8, 4) is 16.9 Å². The second-order valence-corrected chi connectivity index (χ2v) is 7.85. The molecule has 7 nitrogen and oxygen atoms in total. The molecule has 1 aromatic heterocycles. The van der Waals surface area contributed by atoms with Crippen LogP contribution < -0.4 is 15.7 Å². The van der Waals surface area contributed by atoms with Gasteiger partial charge in [-0.1, -0.05) is 60.7 Å². The maximum Gasteiger partial charge on any atom is 0.336 e. The molecule has 4 rings (SSSR count). The molecule has 172 valence electrons. The molecule has 1 heterocycles. The molecule has 34 heavy (non-hydrogen) atoms. The maximum atomic E-state index is 12.6. The number of carbonyl (C=O) groups excluding carboxylic acids is 1. The average molecular weight is 457 g/mol. The summed E-state index contributed by atoms with van der Waals surface area (Å²) in [7, 11) is 0. The van der Waals surface area contributed by atoms with Crippen molar-refractivity contribution in [2.75, 3.05) is 0 Å². The van der Waals surface area contributed by atoms with Gasteiger partial charge < -0.3 is 19.6 Å². The number of carbonyl (C=O) groups is 2. The summed E-state index contributed by atoms with van der Waals surface area (Å²) >= 11 is 0. The topological polar surface area (TPSA) is 106 Å². The first kappa shape index (κ1) is 22.8. The molecule has 4 aromatic rings. The highest BCUT2D eigenvalue weighted by atomic mass is 16.5. The molecule has 0 aliphatic rings. The van der Waals surface area contributed by atoms with Crippen LogP contribution in [0.2, 0.25) is 0 Å². The van der Waals surface area contributed by atoms with E-state index in [1.807, 2.05) is 48.5 Å². The van der Waals surface area contributed by atoms with Crippen molar-refractivity contribution in [1.82, 2.24) is 5.32 Å². The number of carboxylic acid groups (broad SMARTS) is 1. The number of hydrogen-bond acceptors (Lipinski definition) is 5. The summed E-state index contributed by atoms with van der Waals surface area (Å²) < 4.78 is 11.1. The zero-order valence-electron chi connectivity index (χ0n) is 18.4. The number of hydrogen-bond donors (Lipinski definition) is 2. The molecule has 0 spiro atoms. The van der Waals surface area contributed by atoms with Gasteiger partial charge in [-0.15, -0.1) is 0 Å². The van der Waals surface area contributed by atoms with E-state index in [0.717, 1.165) is 22.1 Å². The van der Waals surface area contributed by atoms with Gasteiger partial charge in [0.05, 0.1) is 0 Å². The Kier molecular flexibility index (Phi) is 6.73. The number of ether oxygens (including phenoxy) is 1. The molecule has 0 saturated heterocycles. The van der Waals surface area contributed by atoms with Gasteiger partial charge in [-0.05, 0) is 35.7 Å². The summed E-state index contributed by atoms with van der Waals surface area (Å²) in [5.74, 6) is -1.38. The Balaban J connectivity index is 1.51. The first-order valence-electron chi connectivity index (χ1n) is 10.8. The molecule has 1 amide bonds. The van der Waals surface area contributed by atoms with Gasteiger partial charge in [0.25, 0.3) is 5.91 Å². The second-order valence-electron chi connectivity index (χ2n) is 7.85. The smallest absolute Gasteiger partial charge is 0.336 e. The molecule has 0 bridgehead atoms. The summed E-state index contributed by atoms with van der Waals surface area (Å²) in [5, 5.41) is 12.8. The summed E-state index contributed by atoms with van der Waals surface area (Å²) in [5.41, 5.74) is 2.22. The average Bonchev–Trinajstić information content (AvgIpc) is 2.84. The quantitative estimate of drug-likeness (QED) is 0.387. The number of benzene rings is 3. The predicted molar refractivity (Wildman–Crippen MR) is 128 cm³/mol. The highest BCUT2D eigenvalue weighted by molar-refractivity contribution is 5.94. The lowest BCUT2D eigenvalue weighted by molar-refractivity contribution is -0.142. The van der Waals surface area contributed by atoms with E-state index in [0.29, 0.717) is 11.3 Å². The van der Waals surface area contributed by atoms with Crippen molar-refractivity contribution >= 4 is 22.8 Å². The number of nitrogens with one attached hydrogen (secondary N) is 1. The minimum Gasteiger partial charge on any atom is -0.481 e. The summed E-state index contributed by atoms with van der Waals surface area (Å²) in [6.07, 6.45) is -0.822. The molecule has 0 radical (unpaired) electrons. The molecule has 0 unspecified atom stereocenters. The molecule has 2 atom stereocenters. The van der Waals surface area contributed by atoms with Gasteiger partial charge in [0.15, 0.2) is 6.10 Å². The van der Waals surface area contributed by atoms with Gasteiger partial charge in [-0.3, -0.25) is 4.79 Å². The van der Waals surface area contributed by atoms with E-state index in [4.69, 9.17) is 9.15 Å². The molecule has 2 N–H and O–H groups in total. The fourth-order valence-electron chi connectivity index (χ4n) is 3.67. The number of carboxylic acids is 1. The Bertz CT molecular complexity index is 1360. The molecule has 0 aliphatic carbocycles. The van der Waals surface area contributed by atoms with Gasteiger partial charge in [0, 0.05) is 23.9 Å². The third-order valence-corrected chi connectivity index (χ3v) is 5.38. The molecule has 0 fully saturated rings. The third-order valence-electron chi connectivity index (χ3n) is 5.38. The Morgan fingerprint density at radius 1 is 0.971 bits per heavy atom. The van der Waals surface area contributed by atoms with Gasteiger partial charge in [0.1, 0.15) is 17.4 Å². The lowest BCUT2D eigenvalue weighted by Crippen LogP contribution is -2.47. The lowest BCUT2D eigenvalue weighted by Gasteiger charge is -2.19. The fourth-order valence-corrected chi connectivity index (χ4v) is 3.67. The van der Waals surface area contributed by atoms with Gasteiger partial charge in [0.2, 0.25) is 0 Å². The molecule has 7 heteroatoms. The second kappa shape index (κ2) is 10.0. The number of aliphatic carboxylic acids is 1. The Labute approximate surface area is 195 Å². The Hall–Kier alpha value is -4.39. The van der Waals surface area contributed by atoms with Crippen molar-refractivity contribution in [1.29, 1.82) is 0 Å². The normalized spacial score (nSPS) is 12.6. The zero-order valence-corrected chi connectivity index (χ0v) is 18.4. The van der Waals surface area contributed by atoms with E-state index in [9.17, 15) is 19.5 Å². The van der Waals surface area contributed by atoms with E-state index in [1.54, 1.807) is 30.3 Å². The molecule has 3 aromatic carbocycles. The number of rotatable bonds is 8. The highest BCUT2D eigenvalue weighted by Crippen LogP contribution is 2.29. The third kappa shape index (κ3) is 5.32. The Morgan fingerprint density at radius 2 is 1.65 bits per heavy atom. The molecule has 0 saturated carbocycles. The minimum absolute atomic E-state index is 0.151. The van der Waals surface area contributed by atoms with Crippen LogP contribution >= 0.6 is 0 Å². The zero-order chi connectivity index (χ0) is 24.1. The fraction of sp³-hybridized carbons (Fsp3) is 0.148. The van der Waals surface area contributed by atoms with Crippen LogP contribution in [0.3, 0.4) is 0 Å². The maximum absolute atomic E-state index is 12.6. The highest BCUT2D eigenvalue weighted by Gasteiger charge is 2.24. The van der Waals surface area contributed by atoms with Crippen molar-refractivity contribution in [3.63, 3.8) is 0 Å². The van der Waals surface area contributed by atoms with Crippen molar-refractivity contribution < 1.29 is 23.8 Å². The summed E-state index contributed by atoms with van der Waals surface area (Å²) in [4.78, 5) is 36.4. The minimum atomic E-state index is -1.13. The van der Waals surface area contributed by atoms with Crippen LogP contribution in [-0.4, -0.2) is 29.1 Å². The van der Waals surface area contributed by atoms with Crippen LogP contribution in [0.1, 0.15) is 12.5 Å². The SMILES string of the molecule is C[C@H](Oc1ccc2c(-c3ccccc3)cc(=O)oc2c1)C(=O)N[C@@H](Cc1ccccc1)C(=O)O. The first-order valence-corrected chi connectivity index (χ1v) is 10.8. The summed E-state index contributed by atoms with van der Waals surface area (Å²) in [6, 6.07) is 23.8. The molecular formula is C27H23NO6. The van der Waals surface area contributed by atoms with E-state index in [1.165, 1.54) is 13.0 Å². The van der Waals surface area contributed by atoms with E-state index in [-0.39, 0.29) is 6.42 Å². The van der Waals surface area contributed by atoms with Crippen LogP contribution in [-0.2, 0) is 16.0 Å². The van der Waals surface area contributed by atoms with Crippen LogP contribution in [0.5, 0.6) is 5.75 Å². The van der Waals surface area contributed by atoms with Gasteiger partial charge in [-0.2, -0.15) is 0 Å². The van der Waals surface area contributed by atoms with E-state index < -0.39 is 29.6 Å². The van der Waals surface area contributed by atoms with Gasteiger partial charge in [-0.25, -0.2) is 9.59 Å². The van der Waals surface area contributed by atoms with Crippen molar-refractivity contribution in [2.45, 2.75) is 25.5 Å². The number of amides is 1. The van der Waals surface area contributed by atoms with Crippen LogP contribution in [0.25, 0.3) is 22.1 Å². The summed E-state index contributed by atoms with van der Waals surface area (Å²) in [6.45, 7) is 1.53. The Morgan fingerprint density at radius 3 is 2.32 bits per heavy atom. The van der Waals surface area contributed by atoms with Crippen molar-refractivity contribution in [3.05, 3.63) is 101 Å². The number of fused-ring (bicyclic) bond motifs is 1. The standard InChI is InChI=1S/C27H23NO6/c1-17(26(30)28-23(27(31)32)14-18-8-4-2-5-9-18)33-20-12-13-21-22(19-10-6-3-7-11-19)16-25(29)34-24(21)15-20/h2-13,15-17,23H,14H2,1H3,(H,28,30)(H,31,32)/t17-,23-/m0/s1. The largest absolute Gasteiger partial charge is 0.481 e. The monoisotopic (exact) mass is 457 g/mol. The van der Waals surface area contributed by atoms with Crippen LogP contribution in [0.4, 0.5) is 0 Å². The molecular weight excluding hydrogens is 434 g/mol. The van der Waals surface area contributed by atoms with E-state index in [2.05, 4.69) is 5.32 Å².